The summed E-state index contributed by atoms with van der Waals surface area (Å²) >= 11 is 0. The van der Waals surface area contributed by atoms with Crippen LogP contribution in [0.25, 0.3) is 16.9 Å². The minimum atomic E-state index is -0.385. The molecule has 0 N–H and O–H groups in total. The van der Waals surface area contributed by atoms with Gasteiger partial charge in [-0.2, -0.15) is 5.10 Å². The number of aromatic nitrogens is 2. The summed E-state index contributed by atoms with van der Waals surface area (Å²) < 4.78 is 1.88. The molecule has 0 fully saturated rings. The molecular formula is C28H21N3O2. The molecule has 33 heavy (non-hydrogen) atoms. The Labute approximate surface area is 191 Å². The number of hydrogen-bond donors (Lipinski definition) is 0. The van der Waals surface area contributed by atoms with Crippen LogP contribution in [0, 0.1) is 10.1 Å². The topological polar surface area (TPSA) is 61.0 Å². The van der Waals surface area contributed by atoms with E-state index in [0.29, 0.717) is 0 Å². The second kappa shape index (κ2) is 8.93. The number of hydrogen-bond acceptors (Lipinski definition) is 3. The summed E-state index contributed by atoms with van der Waals surface area (Å²) in [4.78, 5) is 10.8. The third-order valence-electron chi connectivity index (χ3n) is 5.69. The van der Waals surface area contributed by atoms with Crippen molar-refractivity contribution in [3.63, 3.8) is 0 Å². The highest BCUT2D eigenvalue weighted by Crippen LogP contribution is 2.38. The van der Waals surface area contributed by atoms with E-state index in [4.69, 9.17) is 5.10 Å². The molecule has 0 saturated heterocycles. The fraction of sp³-hybridized carbons (Fsp3) is 0.0357. The summed E-state index contributed by atoms with van der Waals surface area (Å²) in [6.45, 7) is 0. The van der Waals surface area contributed by atoms with Crippen molar-refractivity contribution in [3.05, 3.63) is 148 Å². The van der Waals surface area contributed by atoms with Gasteiger partial charge in [0.05, 0.1) is 16.3 Å². The summed E-state index contributed by atoms with van der Waals surface area (Å²) in [6, 6.07) is 37.2. The molecule has 160 valence electrons. The number of para-hydroxylation sites is 1. The highest BCUT2D eigenvalue weighted by molar-refractivity contribution is 5.67. The minimum absolute atomic E-state index is 0.0462. The maximum absolute atomic E-state index is 11.2. The zero-order valence-electron chi connectivity index (χ0n) is 17.8. The summed E-state index contributed by atoms with van der Waals surface area (Å²) in [5.41, 5.74) is 5.98. The van der Waals surface area contributed by atoms with Gasteiger partial charge in [0.1, 0.15) is 0 Å². The van der Waals surface area contributed by atoms with Gasteiger partial charge in [-0.1, -0.05) is 78.9 Å². The molecule has 0 aliphatic rings. The van der Waals surface area contributed by atoms with Gasteiger partial charge in [0.2, 0.25) is 0 Å². The summed E-state index contributed by atoms with van der Waals surface area (Å²) in [7, 11) is 0. The van der Waals surface area contributed by atoms with Crippen LogP contribution >= 0.6 is 0 Å². The molecule has 0 bridgehead atoms. The van der Waals surface area contributed by atoms with Crippen molar-refractivity contribution in [2.24, 2.45) is 0 Å². The SMILES string of the molecule is O=[N+]([O-])c1ccc(-c2nn(-c3ccccc3)cc2C(c2ccccc2)c2ccccc2)cc1. The lowest BCUT2D eigenvalue weighted by molar-refractivity contribution is -0.384. The van der Waals surface area contributed by atoms with Crippen LogP contribution in [-0.4, -0.2) is 14.7 Å². The van der Waals surface area contributed by atoms with Crippen molar-refractivity contribution in [1.29, 1.82) is 0 Å². The Morgan fingerprint density at radius 1 is 0.697 bits per heavy atom. The first-order chi connectivity index (χ1) is 16.2. The van der Waals surface area contributed by atoms with Gasteiger partial charge in [0.15, 0.2) is 0 Å². The first kappa shape index (κ1) is 20.4. The molecule has 0 aliphatic heterocycles. The van der Waals surface area contributed by atoms with E-state index in [1.54, 1.807) is 12.1 Å². The van der Waals surface area contributed by atoms with E-state index in [1.165, 1.54) is 12.1 Å². The molecule has 1 heterocycles. The Morgan fingerprint density at radius 3 is 1.73 bits per heavy atom. The summed E-state index contributed by atoms with van der Waals surface area (Å²) in [6.07, 6.45) is 2.07. The fourth-order valence-corrected chi connectivity index (χ4v) is 4.12. The van der Waals surface area contributed by atoms with Crippen LogP contribution < -0.4 is 0 Å². The molecule has 0 saturated carbocycles. The van der Waals surface area contributed by atoms with Gasteiger partial charge in [-0.05, 0) is 35.4 Å². The van der Waals surface area contributed by atoms with E-state index < -0.39 is 0 Å². The molecule has 1 aromatic heterocycles. The summed E-state index contributed by atoms with van der Waals surface area (Å²) in [5, 5.41) is 16.1. The number of nitro benzene ring substituents is 1. The zero-order chi connectivity index (χ0) is 22.6. The number of nitrogens with zero attached hydrogens (tertiary/aromatic N) is 3. The molecule has 5 heteroatoms. The van der Waals surface area contributed by atoms with Crippen LogP contribution in [0.2, 0.25) is 0 Å². The summed E-state index contributed by atoms with van der Waals surface area (Å²) in [5.74, 6) is -0.0462. The molecule has 5 aromatic rings. The van der Waals surface area contributed by atoms with Crippen LogP contribution in [0.4, 0.5) is 5.69 Å². The Balaban J connectivity index is 1.73. The highest BCUT2D eigenvalue weighted by Gasteiger charge is 2.24. The van der Waals surface area contributed by atoms with Gasteiger partial charge < -0.3 is 0 Å². The molecular weight excluding hydrogens is 410 g/mol. The maximum Gasteiger partial charge on any atom is 0.269 e. The highest BCUT2D eigenvalue weighted by atomic mass is 16.6. The third-order valence-corrected chi connectivity index (χ3v) is 5.69. The smallest absolute Gasteiger partial charge is 0.258 e. The van der Waals surface area contributed by atoms with Gasteiger partial charge in [-0.3, -0.25) is 10.1 Å². The van der Waals surface area contributed by atoms with Crippen LogP contribution in [0.1, 0.15) is 22.6 Å². The van der Waals surface area contributed by atoms with Crippen molar-refractivity contribution < 1.29 is 4.92 Å². The van der Waals surface area contributed by atoms with E-state index in [2.05, 4.69) is 30.5 Å². The van der Waals surface area contributed by atoms with E-state index in [1.807, 2.05) is 71.4 Å². The minimum Gasteiger partial charge on any atom is -0.258 e. The number of non-ortho nitro benzene ring substituents is 1. The molecule has 0 radical (unpaired) electrons. The lowest BCUT2D eigenvalue weighted by atomic mass is 9.84. The van der Waals surface area contributed by atoms with E-state index in [9.17, 15) is 10.1 Å². The molecule has 0 amide bonds. The third kappa shape index (κ3) is 4.16. The first-order valence-electron chi connectivity index (χ1n) is 10.7. The van der Waals surface area contributed by atoms with Gasteiger partial charge >= 0.3 is 0 Å². The largest absolute Gasteiger partial charge is 0.269 e. The van der Waals surface area contributed by atoms with E-state index in [-0.39, 0.29) is 16.5 Å². The second-order valence-corrected chi connectivity index (χ2v) is 7.77. The molecule has 5 rings (SSSR count). The van der Waals surface area contributed by atoms with Gasteiger partial charge in [-0.25, -0.2) is 4.68 Å². The quantitative estimate of drug-likeness (QED) is 0.224. The Kier molecular flexibility index (Phi) is 5.52. The number of benzene rings is 4. The molecule has 0 unspecified atom stereocenters. The average Bonchev–Trinajstić information content (AvgIpc) is 3.31. The second-order valence-electron chi connectivity index (χ2n) is 7.77. The number of rotatable bonds is 6. The van der Waals surface area contributed by atoms with Crippen molar-refractivity contribution >= 4 is 5.69 Å². The predicted molar refractivity (Wildman–Crippen MR) is 129 cm³/mol. The maximum atomic E-state index is 11.2. The zero-order valence-corrected chi connectivity index (χ0v) is 17.8. The lowest BCUT2D eigenvalue weighted by Crippen LogP contribution is -2.04. The molecule has 5 nitrogen and oxygen atoms in total. The van der Waals surface area contributed by atoms with Crippen molar-refractivity contribution in [1.82, 2.24) is 9.78 Å². The molecule has 0 spiro atoms. The first-order valence-corrected chi connectivity index (χ1v) is 10.7. The van der Waals surface area contributed by atoms with Gasteiger partial charge in [-0.15, -0.1) is 0 Å². The molecule has 0 aliphatic carbocycles. The van der Waals surface area contributed by atoms with Crippen LogP contribution in [0.5, 0.6) is 0 Å². The monoisotopic (exact) mass is 431 g/mol. The van der Waals surface area contributed by atoms with Crippen molar-refractivity contribution in [2.75, 3.05) is 0 Å². The Hall–Kier alpha value is -4.51. The average molecular weight is 431 g/mol. The Bertz CT molecular complexity index is 1320. The van der Waals surface area contributed by atoms with Crippen molar-refractivity contribution in [3.8, 4) is 16.9 Å². The predicted octanol–water partition coefficient (Wildman–Crippen LogP) is 6.63. The molecule has 0 atom stereocenters. The Morgan fingerprint density at radius 2 is 1.21 bits per heavy atom. The van der Waals surface area contributed by atoms with Gasteiger partial charge in [0, 0.05) is 35.4 Å². The van der Waals surface area contributed by atoms with Gasteiger partial charge in [0.25, 0.3) is 5.69 Å². The van der Waals surface area contributed by atoms with Crippen LogP contribution in [0.15, 0.2) is 121 Å². The standard InChI is InChI=1S/C28H21N3O2/c32-31(33)25-18-16-23(17-19-25)28-26(20-30(29-28)24-14-8-3-9-15-24)27(21-10-4-1-5-11-21)22-12-6-2-7-13-22/h1-20,27H. The molecule has 4 aromatic carbocycles. The fourth-order valence-electron chi connectivity index (χ4n) is 4.12. The van der Waals surface area contributed by atoms with Crippen LogP contribution in [-0.2, 0) is 0 Å². The number of nitro groups is 1. The van der Waals surface area contributed by atoms with Crippen LogP contribution in [0.3, 0.4) is 0 Å². The normalized spacial score (nSPS) is 10.9. The van der Waals surface area contributed by atoms with E-state index >= 15 is 0 Å². The lowest BCUT2D eigenvalue weighted by Gasteiger charge is -2.18. The van der Waals surface area contributed by atoms with Crippen molar-refractivity contribution in [2.45, 2.75) is 5.92 Å². The van der Waals surface area contributed by atoms with E-state index in [0.717, 1.165) is 33.6 Å².